The third-order valence-electron chi connectivity index (χ3n) is 5.33. The minimum absolute atomic E-state index is 0.0936. The molecule has 0 aliphatic carbocycles. The van der Waals surface area contributed by atoms with Gasteiger partial charge in [-0.2, -0.15) is 0 Å². The number of aromatic amines is 1. The quantitative estimate of drug-likeness (QED) is 0.367. The average molecular weight is 430 g/mol. The number of carboxylic acids is 1. The highest BCUT2D eigenvalue weighted by atomic mass is 16.7. The lowest BCUT2D eigenvalue weighted by Crippen LogP contribution is -2.60. The van der Waals surface area contributed by atoms with Crippen LogP contribution in [0.3, 0.4) is 0 Å². The molecule has 10 heteroatoms. The number of rotatable bonds is 5. The number of benzene rings is 1. The minimum atomic E-state index is -1.78. The summed E-state index contributed by atoms with van der Waals surface area (Å²) in [6.07, 6.45) is -6.58. The summed E-state index contributed by atoms with van der Waals surface area (Å²) in [6.45, 7) is 1.75. The molecule has 1 fully saturated rings. The Balaban J connectivity index is 1.49. The topological polar surface area (TPSA) is 161 Å². The second-order valence-electron chi connectivity index (χ2n) is 7.50. The number of amides is 1. The van der Waals surface area contributed by atoms with Crippen molar-refractivity contribution in [3.8, 4) is 0 Å². The van der Waals surface area contributed by atoms with Crippen LogP contribution in [-0.4, -0.2) is 68.0 Å². The largest absolute Gasteiger partial charge is 0.479 e. The maximum absolute atomic E-state index is 12.3. The van der Waals surface area contributed by atoms with E-state index in [1.807, 2.05) is 31.2 Å². The standard InChI is InChI=1S/C21H22N2O8/c1-9-6-10(8-30-21-17(26)15(24)16(25)18(31-21)20(28)29)22-14(9)7-12-11-4-2-3-5-13(11)23-19(12)27/h2-7,15-18,21-22,24-26H,8H2,1H3,(H,23,27)(H,28,29)/b12-7+/t15-,16-,17+,18-,21+/m0/s1. The highest BCUT2D eigenvalue weighted by Gasteiger charge is 2.47. The zero-order valence-corrected chi connectivity index (χ0v) is 16.5. The van der Waals surface area contributed by atoms with Crippen molar-refractivity contribution in [1.29, 1.82) is 0 Å². The fraction of sp³-hybridized carbons (Fsp3) is 0.333. The lowest BCUT2D eigenvalue weighted by atomic mass is 9.99. The summed E-state index contributed by atoms with van der Waals surface area (Å²) in [5.41, 5.74) is 4.16. The minimum Gasteiger partial charge on any atom is -0.479 e. The molecule has 0 bridgehead atoms. The van der Waals surface area contributed by atoms with E-state index in [9.17, 15) is 24.9 Å². The van der Waals surface area contributed by atoms with Crippen molar-refractivity contribution in [3.63, 3.8) is 0 Å². The van der Waals surface area contributed by atoms with Crippen molar-refractivity contribution in [1.82, 2.24) is 4.98 Å². The monoisotopic (exact) mass is 430 g/mol. The molecule has 0 spiro atoms. The van der Waals surface area contributed by atoms with E-state index in [2.05, 4.69) is 10.3 Å². The number of aliphatic carboxylic acids is 1. The molecule has 1 aromatic heterocycles. The van der Waals surface area contributed by atoms with Gasteiger partial charge in [-0.1, -0.05) is 18.2 Å². The van der Waals surface area contributed by atoms with Crippen LogP contribution in [0.2, 0.25) is 0 Å². The van der Waals surface area contributed by atoms with Crippen LogP contribution < -0.4 is 5.32 Å². The third kappa shape index (κ3) is 3.99. The van der Waals surface area contributed by atoms with Gasteiger partial charge in [0, 0.05) is 22.6 Å². The fourth-order valence-corrected chi connectivity index (χ4v) is 3.66. The number of para-hydroxylation sites is 1. The number of hydrogen-bond acceptors (Lipinski definition) is 7. The summed E-state index contributed by atoms with van der Waals surface area (Å²) >= 11 is 0. The molecule has 164 valence electrons. The first-order valence-electron chi connectivity index (χ1n) is 9.61. The molecule has 10 nitrogen and oxygen atoms in total. The molecule has 1 aromatic carbocycles. The highest BCUT2D eigenvalue weighted by Crippen LogP contribution is 2.33. The van der Waals surface area contributed by atoms with Crippen molar-refractivity contribution in [2.24, 2.45) is 0 Å². The highest BCUT2D eigenvalue weighted by molar-refractivity contribution is 6.34. The molecule has 6 N–H and O–H groups in total. The zero-order chi connectivity index (χ0) is 22.3. The Hall–Kier alpha value is -3.02. The van der Waals surface area contributed by atoms with Crippen LogP contribution in [0.4, 0.5) is 5.69 Å². The first-order valence-corrected chi connectivity index (χ1v) is 9.61. The van der Waals surface area contributed by atoms with Crippen LogP contribution in [0.5, 0.6) is 0 Å². The molecule has 1 amide bonds. The van der Waals surface area contributed by atoms with Crippen molar-refractivity contribution >= 4 is 29.2 Å². The summed E-state index contributed by atoms with van der Waals surface area (Å²) in [6, 6.07) is 9.13. The van der Waals surface area contributed by atoms with Gasteiger partial charge in [-0.3, -0.25) is 4.79 Å². The Morgan fingerprint density at radius 2 is 1.94 bits per heavy atom. The molecule has 2 aliphatic rings. The Bertz CT molecular complexity index is 1050. The predicted molar refractivity (Wildman–Crippen MR) is 108 cm³/mol. The summed E-state index contributed by atoms with van der Waals surface area (Å²) in [4.78, 5) is 26.6. The van der Waals surface area contributed by atoms with Gasteiger partial charge in [-0.25, -0.2) is 4.79 Å². The maximum atomic E-state index is 12.3. The van der Waals surface area contributed by atoms with Gasteiger partial charge in [0.2, 0.25) is 0 Å². The van der Waals surface area contributed by atoms with Gasteiger partial charge >= 0.3 is 5.97 Å². The predicted octanol–water partition coefficient (Wildman–Crippen LogP) is 0.225. The van der Waals surface area contributed by atoms with E-state index >= 15 is 0 Å². The van der Waals surface area contributed by atoms with E-state index in [4.69, 9.17) is 14.6 Å². The normalized spacial score (nSPS) is 29.1. The lowest BCUT2D eigenvalue weighted by molar-refractivity contribution is -0.297. The van der Waals surface area contributed by atoms with Crippen LogP contribution in [-0.2, 0) is 25.7 Å². The van der Waals surface area contributed by atoms with E-state index in [-0.39, 0.29) is 12.5 Å². The molecule has 2 aliphatic heterocycles. The molecular weight excluding hydrogens is 408 g/mol. The number of anilines is 1. The van der Waals surface area contributed by atoms with Gasteiger partial charge in [-0.15, -0.1) is 0 Å². The number of fused-ring (bicyclic) bond motifs is 1. The van der Waals surface area contributed by atoms with Gasteiger partial charge < -0.3 is 40.2 Å². The number of aromatic nitrogens is 1. The van der Waals surface area contributed by atoms with Gasteiger partial charge in [0.05, 0.1) is 12.2 Å². The van der Waals surface area contributed by atoms with Gasteiger partial charge in [0.1, 0.15) is 18.3 Å². The average Bonchev–Trinajstić information content (AvgIpc) is 3.24. The van der Waals surface area contributed by atoms with Crippen LogP contribution in [0.15, 0.2) is 30.3 Å². The van der Waals surface area contributed by atoms with E-state index in [1.165, 1.54) is 0 Å². The number of nitrogens with one attached hydrogen (secondary N) is 2. The number of aliphatic hydroxyl groups is 3. The van der Waals surface area contributed by atoms with Crippen LogP contribution in [0.25, 0.3) is 11.6 Å². The summed E-state index contributed by atoms with van der Waals surface area (Å²) in [5, 5.41) is 41.5. The van der Waals surface area contributed by atoms with Crippen LogP contribution in [0.1, 0.15) is 22.5 Å². The van der Waals surface area contributed by atoms with Gasteiger partial charge in [-0.05, 0) is 30.7 Å². The van der Waals surface area contributed by atoms with Crippen molar-refractivity contribution < 1.29 is 39.5 Å². The van der Waals surface area contributed by atoms with Crippen LogP contribution in [0, 0.1) is 6.92 Å². The molecule has 0 saturated carbocycles. The molecule has 4 rings (SSSR count). The third-order valence-corrected chi connectivity index (χ3v) is 5.33. The summed E-state index contributed by atoms with van der Waals surface area (Å²) < 4.78 is 10.6. The molecule has 2 aromatic rings. The van der Waals surface area contributed by atoms with E-state index < -0.39 is 36.7 Å². The Kier molecular flexibility index (Phi) is 5.65. The van der Waals surface area contributed by atoms with E-state index in [1.54, 1.807) is 12.1 Å². The number of hydrogen-bond donors (Lipinski definition) is 6. The smallest absolute Gasteiger partial charge is 0.335 e. The van der Waals surface area contributed by atoms with E-state index in [0.29, 0.717) is 17.0 Å². The van der Waals surface area contributed by atoms with Gasteiger partial charge in [0.15, 0.2) is 12.4 Å². The maximum Gasteiger partial charge on any atom is 0.335 e. The Labute approximate surface area is 176 Å². The molecule has 5 atom stereocenters. The number of carbonyl (C=O) groups excluding carboxylic acids is 1. The number of carbonyl (C=O) groups is 2. The first kappa shape index (κ1) is 21.2. The first-order chi connectivity index (χ1) is 14.8. The second-order valence-corrected chi connectivity index (χ2v) is 7.50. The number of ether oxygens (including phenoxy) is 2. The van der Waals surface area contributed by atoms with Crippen molar-refractivity contribution in [2.45, 2.75) is 44.2 Å². The number of carboxylic acid groups (broad SMARTS) is 1. The van der Waals surface area contributed by atoms with Crippen molar-refractivity contribution in [2.75, 3.05) is 5.32 Å². The Morgan fingerprint density at radius 3 is 2.68 bits per heavy atom. The van der Waals surface area contributed by atoms with E-state index in [0.717, 1.165) is 16.8 Å². The summed E-state index contributed by atoms with van der Waals surface area (Å²) in [7, 11) is 0. The van der Waals surface area contributed by atoms with Gasteiger partial charge in [0.25, 0.3) is 5.91 Å². The zero-order valence-electron chi connectivity index (χ0n) is 16.5. The SMILES string of the molecule is Cc1cc(CO[C@@H]2O[C@H](C(=O)O)[C@@H](O)[C@H](O)[C@H]2O)[nH]c1/C=C1/C(=O)Nc2ccccc21. The number of aliphatic hydroxyl groups excluding tert-OH is 3. The molecular formula is C21H22N2O8. The molecule has 0 radical (unpaired) electrons. The molecule has 31 heavy (non-hydrogen) atoms. The summed E-state index contributed by atoms with van der Waals surface area (Å²) in [5.74, 6) is -1.69. The number of aryl methyl sites for hydroxylation is 1. The molecule has 1 saturated heterocycles. The van der Waals surface area contributed by atoms with Crippen LogP contribution >= 0.6 is 0 Å². The number of H-pyrrole nitrogens is 1. The fourth-order valence-electron chi connectivity index (χ4n) is 3.66. The lowest BCUT2D eigenvalue weighted by Gasteiger charge is -2.38. The molecule has 0 unspecified atom stereocenters. The van der Waals surface area contributed by atoms with Crippen molar-refractivity contribution in [3.05, 3.63) is 52.8 Å². The second kappa shape index (κ2) is 8.25. The molecule has 3 heterocycles. The Morgan fingerprint density at radius 1 is 1.19 bits per heavy atom.